The number of thiocarbonyl (C=S) groups is 1. The van der Waals surface area contributed by atoms with Crippen LogP contribution in [0, 0.1) is 12.8 Å². The molecule has 2 aliphatic rings. The summed E-state index contributed by atoms with van der Waals surface area (Å²) in [4.78, 5) is 14.9. The Morgan fingerprint density at radius 2 is 2.00 bits per heavy atom. The molecular weight excluding hydrogens is 388 g/mol. The number of para-hydroxylation sites is 1. The Hall–Kier alpha value is -2.80. The molecule has 152 valence electrons. The maximum absolute atomic E-state index is 13.1. The zero-order chi connectivity index (χ0) is 20.8. The van der Waals surface area contributed by atoms with Crippen LogP contribution < -0.4 is 19.7 Å². The number of carbonyl (C=O) groups excluding carboxylic acids is 1. The van der Waals surface area contributed by atoms with Crippen molar-refractivity contribution in [2.45, 2.75) is 32.5 Å². The highest BCUT2D eigenvalue weighted by atomic mass is 32.1. The van der Waals surface area contributed by atoms with Gasteiger partial charge < -0.3 is 19.5 Å². The molecule has 7 heteroatoms. The van der Waals surface area contributed by atoms with Gasteiger partial charge in [-0.1, -0.05) is 29.8 Å². The molecule has 0 saturated carbocycles. The Morgan fingerprint density at radius 1 is 1.28 bits per heavy atom. The Kier molecular flexibility index (Phi) is 4.86. The van der Waals surface area contributed by atoms with Crippen molar-refractivity contribution in [2.24, 2.45) is 5.92 Å². The average Bonchev–Trinajstić information content (AvgIpc) is 2.68. The van der Waals surface area contributed by atoms with E-state index in [-0.39, 0.29) is 18.6 Å². The predicted molar refractivity (Wildman–Crippen MR) is 114 cm³/mol. The predicted octanol–water partition coefficient (Wildman–Crippen LogP) is 3.73. The first-order valence-corrected chi connectivity index (χ1v) is 10.0. The molecule has 0 aliphatic carbocycles. The fourth-order valence-corrected chi connectivity index (χ4v) is 4.62. The number of ether oxygens (including phenoxy) is 3. The number of methoxy groups -OCH3 is 1. The number of carbonyl (C=O) groups is 1. The standard InChI is InChI=1S/C22H24N2O4S/c1-5-27-20(25)17-18-15-7-6-8-16(26-4)19(15)28-22(17,3)24(21(29)23-18)14-11-9-13(2)10-12-14/h6-12,17-18H,5H2,1-4H3,(H,23,29). The second-order valence-electron chi connectivity index (χ2n) is 7.36. The molecule has 6 nitrogen and oxygen atoms in total. The van der Waals surface area contributed by atoms with Crippen LogP contribution in [0.5, 0.6) is 11.5 Å². The molecule has 2 aromatic rings. The van der Waals surface area contributed by atoms with Crippen molar-refractivity contribution in [1.82, 2.24) is 5.32 Å². The van der Waals surface area contributed by atoms with Gasteiger partial charge in [0, 0.05) is 11.3 Å². The Morgan fingerprint density at radius 3 is 2.66 bits per heavy atom. The topological polar surface area (TPSA) is 60.0 Å². The molecule has 0 spiro atoms. The molecule has 1 N–H and O–H groups in total. The number of nitrogens with zero attached hydrogens (tertiary/aromatic N) is 1. The maximum atomic E-state index is 13.1. The largest absolute Gasteiger partial charge is 0.493 e. The fraction of sp³-hybridized carbons (Fsp3) is 0.364. The van der Waals surface area contributed by atoms with Gasteiger partial charge in [-0.2, -0.15) is 0 Å². The van der Waals surface area contributed by atoms with Crippen LogP contribution in [0.3, 0.4) is 0 Å². The summed E-state index contributed by atoms with van der Waals surface area (Å²) in [5.41, 5.74) is 1.70. The van der Waals surface area contributed by atoms with Gasteiger partial charge in [0.15, 0.2) is 16.6 Å². The van der Waals surface area contributed by atoms with E-state index in [1.54, 1.807) is 14.0 Å². The molecule has 2 heterocycles. The van der Waals surface area contributed by atoms with E-state index in [0.717, 1.165) is 16.8 Å². The van der Waals surface area contributed by atoms with Crippen molar-refractivity contribution in [2.75, 3.05) is 18.6 Å². The van der Waals surface area contributed by atoms with E-state index >= 15 is 0 Å². The van der Waals surface area contributed by atoms with Crippen LogP contribution in [-0.4, -0.2) is 30.5 Å². The molecule has 2 aromatic carbocycles. The first kappa shape index (κ1) is 19.5. The highest BCUT2D eigenvalue weighted by molar-refractivity contribution is 7.80. The van der Waals surface area contributed by atoms with Crippen LogP contribution in [0.1, 0.15) is 31.0 Å². The lowest BCUT2D eigenvalue weighted by atomic mass is 9.79. The lowest BCUT2D eigenvalue weighted by Crippen LogP contribution is -2.71. The molecule has 2 aliphatic heterocycles. The summed E-state index contributed by atoms with van der Waals surface area (Å²) >= 11 is 5.71. The number of benzene rings is 2. The summed E-state index contributed by atoms with van der Waals surface area (Å²) in [6.45, 7) is 5.99. The van der Waals surface area contributed by atoms with E-state index < -0.39 is 11.6 Å². The van der Waals surface area contributed by atoms with Gasteiger partial charge in [-0.05, 0) is 51.2 Å². The molecule has 0 radical (unpaired) electrons. The Labute approximate surface area is 175 Å². The molecule has 3 atom stereocenters. The van der Waals surface area contributed by atoms with Crippen LogP contribution in [0.2, 0.25) is 0 Å². The number of hydrogen-bond donors (Lipinski definition) is 1. The molecule has 1 saturated heterocycles. The number of fused-ring (bicyclic) bond motifs is 4. The smallest absolute Gasteiger partial charge is 0.317 e. The Bertz CT molecular complexity index is 962. The van der Waals surface area contributed by atoms with Crippen LogP contribution in [0.25, 0.3) is 0 Å². The van der Waals surface area contributed by atoms with Gasteiger partial charge in [0.1, 0.15) is 5.92 Å². The molecule has 3 unspecified atom stereocenters. The number of aryl methyl sites for hydroxylation is 1. The minimum absolute atomic E-state index is 0.290. The fourth-order valence-electron chi connectivity index (χ4n) is 4.21. The zero-order valence-electron chi connectivity index (χ0n) is 16.9. The van der Waals surface area contributed by atoms with Gasteiger partial charge in [-0.25, -0.2) is 0 Å². The minimum Gasteiger partial charge on any atom is -0.493 e. The molecular formula is C22H24N2O4S. The van der Waals surface area contributed by atoms with Crippen LogP contribution in [-0.2, 0) is 9.53 Å². The molecule has 4 rings (SSSR count). The van der Waals surface area contributed by atoms with E-state index in [9.17, 15) is 4.79 Å². The number of rotatable bonds is 4. The average molecular weight is 413 g/mol. The lowest BCUT2D eigenvalue weighted by Gasteiger charge is -2.55. The summed E-state index contributed by atoms with van der Waals surface area (Å²) in [5, 5.41) is 3.85. The third-order valence-corrected chi connectivity index (χ3v) is 5.84. The van der Waals surface area contributed by atoms with Crippen molar-refractivity contribution in [3.8, 4) is 11.5 Å². The quantitative estimate of drug-likeness (QED) is 0.607. The lowest BCUT2D eigenvalue weighted by molar-refractivity contribution is -0.159. The molecule has 0 aromatic heterocycles. The number of anilines is 1. The molecule has 0 amide bonds. The van der Waals surface area contributed by atoms with Crippen LogP contribution >= 0.6 is 12.2 Å². The highest BCUT2D eigenvalue weighted by Crippen LogP contribution is 2.52. The Balaban J connectivity index is 1.91. The maximum Gasteiger partial charge on any atom is 0.317 e. The molecule has 1 fully saturated rings. The summed E-state index contributed by atoms with van der Waals surface area (Å²) in [7, 11) is 1.60. The van der Waals surface area contributed by atoms with Crippen molar-refractivity contribution < 1.29 is 19.0 Å². The van der Waals surface area contributed by atoms with Gasteiger partial charge in [0.25, 0.3) is 0 Å². The summed E-state index contributed by atoms with van der Waals surface area (Å²) in [5.74, 6) is 0.255. The van der Waals surface area contributed by atoms with Crippen molar-refractivity contribution in [3.05, 3.63) is 53.6 Å². The third-order valence-electron chi connectivity index (χ3n) is 5.54. The summed E-state index contributed by atoms with van der Waals surface area (Å²) in [6, 6.07) is 13.2. The monoisotopic (exact) mass is 412 g/mol. The first-order chi connectivity index (χ1) is 13.9. The first-order valence-electron chi connectivity index (χ1n) is 9.60. The normalized spacial score (nSPS) is 24.8. The minimum atomic E-state index is -1.09. The summed E-state index contributed by atoms with van der Waals surface area (Å²) < 4.78 is 17.5. The second-order valence-corrected chi connectivity index (χ2v) is 7.75. The van der Waals surface area contributed by atoms with Gasteiger partial charge >= 0.3 is 5.97 Å². The molecule has 29 heavy (non-hydrogen) atoms. The van der Waals surface area contributed by atoms with Gasteiger partial charge in [0.05, 0.1) is 19.8 Å². The highest BCUT2D eigenvalue weighted by Gasteiger charge is 2.60. The van der Waals surface area contributed by atoms with Gasteiger partial charge in [-0.15, -0.1) is 0 Å². The third kappa shape index (κ3) is 3.00. The van der Waals surface area contributed by atoms with E-state index in [1.807, 2.05) is 61.2 Å². The van der Waals surface area contributed by atoms with Crippen LogP contribution in [0.15, 0.2) is 42.5 Å². The number of esters is 1. The summed E-state index contributed by atoms with van der Waals surface area (Å²) in [6.07, 6.45) is 0. The van der Waals surface area contributed by atoms with E-state index in [0.29, 0.717) is 16.6 Å². The number of hydrogen-bond acceptors (Lipinski definition) is 5. The van der Waals surface area contributed by atoms with Crippen molar-refractivity contribution >= 4 is 29.0 Å². The van der Waals surface area contributed by atoms with Crippen molar-refractivity contribution in [1.29, 1.82) is 0 Å². The van der Waals surface area contributed by atoms with E-state index in [4.69, 9.17) is 26.4 Å². The van der Waals surface area contributed by atoms with E-state index in [2.05, 4.69) is 5.32 Å². The van der Waals surface area contributed by atoms with Gasteiger partial charge in [0.2, 0.25) is 5.72 Å². The van der Waals surface area contributed by atoms with E-state index in [1.165, 1.54) is 0 Å². The van der Waals surface area contributed by atoms with Gasteiger partial charge in [-0.3, -0.25) is 9.69 Å². The SMILES string of the molecule is CCOC(=O)C1C2NC(=S)N(c3ccc(C)cc3)C1(C)Oc1c(OC)cccc12. The second kappa shape index (κ2) is 7.22. The zero-order valence-corrected chi connectivity index (χ0v) is 17.7. The molecule has 2 bridgehead atoms. The van der Waals surface area contributed by atoms with Crippen molar-refractivity contribution in [3.63, 3.8) is 0 Å². The number of nitrogens with one attached hydrogen (secondary N) is 1. The van der Waals surface area contributed by atoms with Crippen LogP contribution in [0.4, 0.5) is 5.69 Å².